The van der Waals surface area contributed by atoms with E-state index in [0.717, 1.165) is 22.0 Å². The van der Waals surface area contributed by atoms with Gasteiger partial charge in [0.15, 0.2) is 0 Å². The molecule has 27 heavy (non-hydrogen) atoms. The molecule has 1 aromatic carbocycles. The highest BCUT2D eigenvalue weighted by atomic mass is 16.2. The van der Waals surface area contributed by atoms with E-state index in [1.165, 1.54) is 0 Å². The predicted molar refractivity (Wildman–Crippen MR) is 105 cm³/mol. The van der Waals surface area contributed by atoms with E-state index in [4.69, 9.17) is 0 Å². The van der Waals surface area contributed by atoms with Gasteiger partial charge in [0.25, 0.3) is 0 Å². The Morgan fingerprint density at radius 1 is 1.07 bits per heavy atom. The molecule has 3 rings (SSSR count). The summed E-state index contributed by atoms with van der Waals surface area (Å²) in [6.07, 6.45) is 6.02. The van der Waals surface area contributed by atoms with Crippen LogP contribution < -0.4 is 10.6 Å². The number of hydrogen-bond acceptors (Lipinski definition) is 3. The normalized spacial score (nSPS) is 11.3. The average Bonchev–Trinajstić information content (AvgIpc) is 3.10. The molecule has 0 fully saturated rings. The minimum absolute atomic E-state index is 0.286. The molecule has 2 heterocycles. The van der Waals surface area contributed by atoms with E-state index in [1.54, 1.807) is 26.2 Å². The SMILES string of the molecule is CC(C)(C(=O)NCCc1c[nH]c2ccccc12)C(=O)NCc1cccnc1. The summed E-state index contributed by atoms with van der Waals surface area (Å²) in [7, 11) is 0. The molecular formula is C21H24N4O2. The smallest absolute Gasteiger partial charge is 0.235 e. The number of pyridine rings is 1. The van der Waals surface area contributed by atoms with Gasteiger partial charge in [-0.15, -0.1) is 0 Å². The topological polar surface area (TPSA) is 86.9 Å². The molecule has 3 N–H and O–H groups in total. The lowest BCUT2D eigenvalue weighted by Gasteiger charge is -2.22. The number of amides is 2. The van der Waals surface area contributed by atoms with Gasteiger partial charge in [0.05, 0.1) is 0 Å². The van der Waals surface area contributed by atoms with Crippen LogP contribution in [0.25, 0.3) is 10.9 Å². The number of nitrogens with zero attached hydrogens (tertiary/aromatic N) is 1. The van der Waals surface area contributed by atoms with Gasteiger partial charge in [0.2, 0.25) is 11.8 Å². The van der Waals surface area contributed by atoms with E-state index in [9.17, 15) is 9.59 Å². The Morgan fingerprint density at radius 3 is 2.63 bits per heavy atom. The maximum Gasteiger partial charge on any atom is 0.235 e. The summed E-state index contributed by atoms with van der Waals surface area (Å²) in [5.41, 5.74) is 1.96. The summed E-state index contributed by atoms with van der Waals surface area (Å²) in [5, 5.41) is 6.84. The molecule has 0 bridgehead atoms. The van der Waals surface area contributed by atoms with E-state index in [2.05, 4.69) is 26.7 Å². The molecule has 0 saturated heterocycles. The lowest BCUT2D eigenvalue weighted by atomic mass is 9.91. The number of rotatable bonds is 7. The summed E-state index contributed by atoms with van der Waals surface area (Å²) in [6.45, 7) is 4.08. The summed E-state index contributed by atoms with van der Waals surface area (Å²) >= 11 is 0. The number of fused-ring (bicyclic) bond motifs is 1. The van der Waals surface area contributed by atoms with Crippen molar-refractivity contribution in [2.24, 2.45) is 5.41 Å². The van der Waals surface area contributed by atoms with E-state index in [0.29, 0.717) is 19.5 Å². The van der Waals surface area contributed by atoms with E-state index in [1.807, 2.05) is 36.5 Å². The maximum absolute atomic E-state index is 12.5. The Hall–Kier alpha value is -3.15. The first-order valence-electron chi connectivity index (χ1n) is 8.99. The molecule has 3 aromatic rings. The van der Waals surface area contributed by atoms with Crippen LogP contribution in [0, 0.1) is 5.41 Å². The number of hydrogen-bond donors (Lipinski definition) is 3. The second-order valence-electron chi connectivity index (χ2n) is 7.03. The zero-order valence-electron chi connectivity index (χ0n) is 15.6. The quantitative estimate of drug-likeness (QED) is 0.563. The Bertz CT molecular complexity index is 932. The molecule has 2 aromatic heterocycles. The lowest BCUT2D eigenvalue weighted by Crippen LogP contribution is -2.48. The molecule has 0 radical (unpaired) electrons. The monoisotopic (exact) mass is 364 g/mol. The number of H-pyrrole nitrogens is 1. The molecule has 6 heteroatoms. The first kappa shape index (κ1) is 18.6. The van der Waals surface area contributed by atoms with Gasteiger partial charge in [-0.3, -0.25) is 14.6 Å². The summed E-state index contributed by atoms with van der Waals surface area (Å²) in [6, 6.07) is 11.7. The van der Waals surface area contributed by atoms with Gasteiger partial charge < -0.3 is 15.6 Å². The van der Waals surface area contributed by atoms with Crippen molar-refractivity contribution in [3.63, 3.8) is 0 Å². The standard InChI is InChI=1S/C21H24N4O2/c1-21(2,20(27)25-13-15-6-5-10-22-12-15)19(26)23-11-9-16-14-24-18-8-4-3-7-17(16)18/h3-8,10,12,14,24H,9,11,13H2,1-2H3,(H,23,26)(H,25,27). The van der Waals surface area contributed by atoms with Crippen molar-refractivity contribution in [1.82, 2.24) is 20.6 Å². The molecule has 0 spiro atoms. The maximum atomic E-state index is 12.5. The van der Waals surface area contributed by atoms with Crippen molar-refractivity contribution in [1.29, 1.82) is 0 Å². The minimum atomic E-state index is -1.15. The van der Waals surface area contributed by atoms with Gasteiger partial charge in [-0.05, 0) is 43.5 Å². The van der Waals surface area contributed by atoms with Crippen molar-refractivity contribution < 1.29 is 9.59 Å². The second-order valence-corrected chi connectivity index (χ2v) is 7.03. The fraction of sp³-hybridized carbons (Fsp3) is 0.286. The van der Waals surface area contributed by atoms with Crippen molar-refractivity contribution in [3.05, 3.63) is 66.1 Å². The molecule has 6 nitrogen and oxygen atoms in total. The Morgan fingerprint density at radius 2 is 1.85 bits per heavy atom. The summed E-state index contributed by atoms with van der Waals surface area (Å²) < 4.78 is 0. The molecule has 0 saturated carbocycles. The number of carbonyl (C=O) groups is 2. The van der Waals surface area contributed by atoms with Crippen LogP contribution in [0.1, 0.15) is 25.0 Å². The van der Waals surface area contributed by atoms with Gasteiger partial charge in [-0.25, -0.2) is 0 Å². The highest BCUT2D eigenvalue weighted by Crippen LogP contribution is 2.19. The van der Waals surface area contributed by atoms with Crippen LogP contribution in [0.4, 0.5) is 0 Å². The van der Waals surface area contributed by atoms with Gasteiger partial charge in [0.1, 0.15) is 5.41 Å². The highest BCUT2D eigenvalue weighted by Gasteiger charge is 2.35. The van der Waals surface area contributed by atoms with E-state index in [-0.39, 0.29) is 11.8 Å². The van der Waals surface area contributed by atoms with E-state index >= 15 is 0 Å². The zero-order valence-corrected chi connectivity index (χ0v) is 15.6. The Balaban J connectivity index is 1.52. The molecule has 0 aliphatic carbocycles. The molecular weight excluding hydrogens is 340 g/mol. The molecule has 140 valence electrons. The number of carbonyl (C=O) groups excluding carboxylic acids is 2. The van der Waals surface area contributed by atoms with Crippen LogP contribution in [0.15, 0.2) is 55.0 Å². The van der Waals surface area contributed by atoms with E-state index < -0.39 is 5.41 Å². The van der Waals surface area contributed by atoms with Gasteiger partial charge in [-0.2, -0.15) is 0 Å². The first-order chi connectivity index (χ1) is 13.0. The molecule has 0 atom stereocenters. The summed E-state index contributed by atoms with van der Waals surface area (Å²) in [4.78, 5) is 32.2. The third-order valence-electron chi connectivity index (χ3n) is 4.67. The van der Waals surface area contributed by atoms with Crippen molar-refractivity contribution in [3.8, 4) is 0 Å². The van der Waals surface area contributed by atoms with Gasteiger partial charge in [-0.1, -0.05) is 24.3 Å². The number of nitrogens with one attached hydrogen (secondary N) is 3. The first-order valence-corrected chi connectivity index (χ1v) is 8.99. The van der Waals surface area contributed by atoms with Crippen LogP contribution >= 0.6 is 0 Å². The third kappa shape index (κ3) is 4.34. The molecule has 2 amide bonds. The number of benzene rings is 1. The van der Waals surface area contributed by atoms with Crippen molar-refractivity contribution >= 4 is 22.7 Å². The summed E-state index contributed by atoms with van der Waals surface area (Å²) in [5.74, 6) is -0.595. The second kappa shape index (κ2) is 8.03. The predicted octanol–water partition coefficient (Wildman–Crippen LogP) is 2.56. The van der Waals surface area contributed by atoms with Gasteiger partial charge >= 0.3 is 0 Å². The van der Waals surface area contributed by atoms with Crippen LogP contribution in [0.2, 0.25) is 0 Å². The lowest BCUT2D eigenvalue weighted by molar-refractivity contribution is -0.141. The van der Waals surface area contributed by atoms with Crippen LogP contribution in [-0.4, -0.2) is 28.3 Å². The average molecular weight is 364 g/mol. The Labute approximate surface area is 158 Å². The van der Waals surface area contributed by atoms with Gasteiger partial charge in [0, 0.05) is 42.6 Å². The van der Waals surface area contributed by atoms with Crippen molar-refractivity contribution in [2.75, 3.05) is 6.54 Å². The highest BCUT2D eigenvalue weighted by molar-refractivity contribution is 6.04. The van der Waals surface area contributed by atoms with Crippen LogP contribution in [0.3, 0.4) is 0 Å². The fourth-order valence-corrected chi connectivity index (χ4v) is 2.88. The number of aromatic amines is 1. The van der Waals surface area contributed by atoms with Crippen LogP contribution in [0.5, 0.6) is 0 Å². The third-order valence-corrected chi connectivity index (χ3v) is 4.67. The van der Waals surface area contributed by atoms with Crippen molar-refractivity contribution in [2.45, 2.75) is 26.8 Å². The molecule has 0 aliphatic rings. The van der Waals surface area contributed by atoms with Crippen LogP contribution in [-0.2, 0) is 22.6 Å². The number of aromatic nitrogens is 2. The zero-order chi connectivity index (χ0) is 19.3. The number of para-hydroxylation sites is 1. The molecule has 0 aliphatic heterocycles. The minimum Gasteiger partial charge on any atom is -0.361 e. The largest absolute Gasteiger partial charge is 0.361 e. The Kier molecular flexibility index (Phi) is 5.54. The molecule has 0 unspecified atom stereocenters. The fourth-order valence-electron chi connectivity index (χ4n) is 2.88.